The number of anilines is 2. The van der Waals surface area contributed by atoms with E-state index in [2.05, 4.69) is 20.4 Å². The highest BCUT2D eigenvalue weighted by Crippen LogP contribution is 2.28. The lowest BCUT2D eigenvalue weighted by Gasteiger charge is -2.26. The number of benzene rings is 2. The number of amides is 2. The number of hydrogen-bond acceptors (Lipinski definition) is 5. The fourth-order valence-corrected chi connectivity index (χ4v) is 4.25. The highest BCUT2D eigenvalue weighted by molar-refractivity contribution is 6.06. The Bertz CT molecular complexity index is 907. The maximum Gasteiger partial charge on any atom is 0.255 e. The number of carbonyl (C=O) groups is 2. The minimum absolute atomic E-state index is 0.0929. The molecule has 2 aromatic rings. The van der Waals surface area contributed by atoms with Gasteiger partial charge in [0.1, 0.15) is 0 Å². The van der Waals surface area contributed by atoms with Gasteiger partial charge in [-0.1, -0.05) is 18.2 Å². The molecule has 2 heterocycles. The molecule has 32 heavy (non-hydrogen) atoms. The second-order valence-corrected chi connectivity index (χ2v) is 8.31. The van der Waals surface area contributed by atoms with Gasteiger partial charge in [0, 0.05) is 49.7 Å². The van der Waals surface area contributed by atoms with Crippen LogP contribution in [-0.4, -0.2) is 69.2 Å². The number of nitrogens with zero attached hydrogens (tertiary/aromatic N) is 2. The summed E-state index contributed by atoms with van der Waals surface area (Å²) in [6, 6.07) is 14.7. The SMILES string of the molecule is O=C(Nc1ccc(N2CCCC2)c(C(=O)NCCCN2CCOCC2)c1)c1ccccc1. The lowest BCUT2D eigenvalue weighted by atomic mass is 10.1. The molecule has 0 atom stereocenters. The van der Waals surface area contributed by atoms with E-state index in [0.717, 1.165) is 70.9 Å². The topological polar surface area (TPSA) is 73.9 Å². The van der Waals surface area contributed by atoms with Gasteiger partial charge in [0.05, 0.1) is 18.8 Å². The number of carbonyl (C=O) groups excluding carboxylic acids is 2. The maximum absolute atomic E-state index is 13.1. The summed E-state index contributed by atoms with van der Waals surface area (Å²) in [7, 11) is 0. The average molecular weight is 437 g/mol. The fraction of sp³-hybridized carbons (Fsp3) is 0.440. The first-order chi connectivity index (χ1) is 15.7. The Morgan fingerprint density at radius 3 is 2.41 bits per heavy atom. The molecule has 7 heteroatoms. The maximum atomic E-state index is 13.1. The molecular weight excluding hydrogens is 404 g/mol. The van der Waals surface area contributed by atoms with E-state index >= 15 is 0 Å². The Hall–Kier alpha value is -2.90. The van der Waals surface area contributed by atoms with Gasteiger partial charge in [-0.3, -0.25) is 14.5 Å². The second-order valence-electron chi connectivity index (χ2n) is 8.31. The zero-order valence-electron chi connectivity index (χ0n) is 18.5. The zero-order chi connectivity index (χ0) is 22.2. The van der Waals surface area contributed by atoms with Gasteiger partial charge in [-0.05, 0) is 56.1 Å². The van der Waals surface area contributed by atoms with Gasteiger partial charge in [0.25, 0.3) is 11.8 Å². The highest BCUT2D eigenvalue weighted by atomic mass is 16.5. The van der Waals surface area contributed by atoms with Crippen LogP contribution in [0.5, 0.6) is 0 Å². The standard InChI is InChI=1S/C25H32N4O3/c30-24(20-7-2-1-3-8-20)27-21-9-10-23(29-13-4-5-14-29)22(19-21)25(31)26-11-6-12-28-15-17-32-18-16-28/h1-3,7-10,19H,4-6,11-18H2,(H,26,31)(H,27,30). The fourth-order valence-electron chi connectivity index (χ4n) is 4.25. The summed E-state index contributed by atoms with van der Waals surface area (Å²) < 4.78 is 5.38. The van der Waals surface area contributed by atoms with E-state index in [1.54, 1.807) is 18.2 Å². The van der Waals surface area contributed by atoms with Crippen molar-refractivity contribution in [3.05, 3.63) is 59.7 Å². The predicted octanol–water partition coefficient (Wildman–Crippen LogP) is 2.99. The normalized spacial score (nSPS) is 16.7. The molecule has 2 aromatic carbocycles. The second kappa shape index (κ2) is 11.1. The largest absolute Gasteiger partial charge is 0.379 e. The molecule has 0 spiro atoms. The van der Waals surface area contributed by atoms with Crippen molar-refractivity contribution in [2.45, 2.75) is 19.3 Å². The van der Waals surface area contributed by atoms with Crippen molar-refractivity contribution in [3.63, 3.8) is 0 Å². The van der Waals surface area contributed by atoms with Crippen molar-refractivity contribution in [2.75, 3.05) is 62.7 Å². The van der Waals surface area contributed by atoms with Crippen LogP contribution >= 0.6 is 0 Å². The molecule has 0 radical (unpaired) electrons. The van der Waals surface area contributed by atoms with E-state index in [9.17, 15) is 9.59 Å². The first kappa shape index (κ1) is 22.3. The van der Waals surface area contributed by atoms with E-state index in [1.807, 2.05) is 30.3 Å². The van der Waals surface area contributed by atoms with E-state index in [0.29, 0.717) is 23.4 Å². The minimum atomic E-state index is -0.184. The Labute approximate surface area is 189 Å². The van der Waals surface area contributed by atoms with Crippen molar-refractivity contribution in [1.29, 1.82) is 0 Å². The van der Waals surface area contributed by atoms with Crippen molar-refractivity contribution in [2.24, 2.45) is 0 Å². The molecule has 2 aliphatic heterocycles. The quantitative estimate of drug-likeness (QED) is 0.623. The smallest absolute Gasteiger partial charge is 0.255 e. The van der Waals surface area contributed by atoms with Gasteiger partial charge in [0.15, 0.2) is 0 Å². The molecule has 0 aliphatic carbocycles. The van der Waals surface area contributed by atoms with E-state index in [1.165, 1.54) is 0 Å². The highest BCUT2D eigenvalue weighted by Gasteiger charge is 2.21. The number of nitrogens with one attached hydrogen (secondary N) is 2. The molecule has 0 saturated carbocycles. The van der Waals surface area contributed by atoms with E-state index in [-0.39, 0.29) is 11.8 Å². The third-order valence-corrected chi connectivity index (χ3v) is 6.02. The minimum Gasteiger partial charge on any atom is -0.379 e. The Morgan fingerprint density at radius 2 is 1.66 bits per heavy atom. The van der Waals surface area contributed by atoms with Crippen LogP contribution in [0.1, 0.15) is 40.0 Å². The van der Waals surface area contributed by atoms with Crippen LogP contribution in [0.3, 0.4) is 0 Å². The van der Waals surface area contributed by atoms with Crippen LogP contribution in [0.4, 0.5) is 11.4 Å². The van der Waals surface area contributed by atoms with Crippen LogP contribution in [0.25, 0.3) is 0 Å². The summed E-state index contributed by atoms with van der Waals surface area (Å²) in [6.07, 6.45) is 3.16. The average Bonchev–Trinajstić information content (AvgIpc) is 3.38. The van der Waals surface area contributed by atoms with Crippen molar-refractivity contribution >= 4 is 23.2 Å². The summed E-state index contributed by atoms with van der Waals surface area (Å²) in [5.41, 5.74) is 2.76. The molecule has 2 N–H and O–H groups in total. The van der Waals surface area contributed by atoms with Crippen LogP contribution in [0.2, 0.25) is 0 Å². The van der Waals surface area contributed by atoms with Crippen LogP contribution in [0, 0.1) is 0 Å². The van der Waals surface area contributed by atoms with Crippen molar-refractivity contribution < 1.29 is 14.3 Å². The Kier molecular flexibility index (Phi) is 7.74. The number of ether oxygens (including phenoxy) is 1. The molecule has 4 rings (SSSR count). The molecule has 0 bridgehead atoms. The molecule has 170 valence electrons. The van der Waals surface area contributed by atoms with Gasteiger partial charge in [-0.2, -0.15) is 0 Å². The van der Waals surface area contributed by atoms with Crippen LogP contribution < -0.4 is 15.5 Å². The summed E-state index contributed by atoms with van der Waals surface area (Å²) in [5, 5.41) is 6.00. The van der Waals surface area contributed by atoms with Crippen LogP contribution in [-0.2, 0) is 4.74 Å². The van der Waals surface area contributed by atoms with Crippen LogP contribution in [0.15, 0.2) is 48.5 Å². The van der Waals surface area contributed by atoms with Crippen molar-refractivity contribution in [3.8, 4) is 0 Å². The molecule has 2 saturated heterocycles. The van der Waals surface area contributed by atoms with Gasteiger partial charge in [-0.25, -0.2) is 0 Å². The summed E-state index contributed by atoms with van der Waals surface area (Å²) in [4.78, 5) is 30.3. The number of morpholine rings is 1. The first-order valence-electron chi connectivity index (χ1n) is 11.5. The summed E-state index contributed by atoms with van der Waals surface area (Å²) in [5.74, 6) is -0.277. The lowest BCUT2D eigenvalue weighted by Crippen LogP contribution is -2.38. The molecule has 2 amide bonds. The Morgan fingerprint density at radius 1 is 0.906 bits per heavy atom. The third-order valence-electron chi connectivity index (χ3n) is 6.02. The summed E-state index contributed by atoms with van der Waals surface area (Å²) in [6.45, 7) is 6.96. The van der Waals surface area contributed by atoms with Gasteiger partial charge >= 0.3 is 0 Å². The molecule has 0 unspecified atom stereocenters. The van der Waals surface area contributed by atoms with Crippen molar-refractivity contribution in [1.82, 2.24) is 10.2 Å². The lowest BCUT2D eigenvalue weighted by molar-refractivity contribution is 0.0374. The molecule has 2 fully saturated rings. The number of hydrogen-bond donors (Lipinski definition) is 2. The first-order valence-corrected chi connectivity index (χ1v) is 11.5. The molecule has 2 aliphatic rings. The Balaban J connectivity index is 1.42. The molecule has 0 aromatic heterocycles. The van der Waals surface area contributed by atoms with Gasteiger partial charge in [-0.15, -0.1) is 0 Å². The monoisotopic (exact) mass is 436 g/mol. The predicted molar refractivity (Wildman–Crippen MR) is 126 cm³/mol. The summed E-state index contributed by atoms with van der Waals surface area (Å²) >= 11 is 0. The zero-order valence-corrected chi connectivity index (χ0v) is 18.5. The number of rotatable bonds is 8. The molecular formula is C25H32N4O3. The van der Waals surface area contributed by atoms with Gasteiger partial charge < -0.3 is 20.3 Å². The molecule has 7 nitrogen and oxygen atoms in total. The third kappa shape index (κ3) is 5.87. The van der Waals surface area contributed by atoms with Gasteiger partial charge in [0.2, 0.25) is 0 Å². The van der Waals surface area contributed by atoms with E-state index in [4.69, 9.17) is 4.74 Å². The van der Waals surface area contributed by atoms with E-state index < -0.39 is 0 Å².